The topological polar surface area (TPSA) is 64.0 Å². The minimum atomic E-state index is -3.48. The van der Waals surface area contributed by atoms with E-state index in [4.69, 9.17) is 0 Å². The summed E-state index contributed by atoms with van der Waals surface area (Å²) in [5.74, 6) is 1.18. The van der Waals surface area contributed by atoms with E-state index in [0.717, 1.165) is 50.2 Å². The Morgan fingerprint density at radius 3 is 2.75 bits per heavy atom. The summed E-state index contributed by atoms with van der Waals surface area (Å²) in [4.78, 5) is 4.47. The van der Waals surface area contributed by atoms with Crippen LogP contribution in [0.5, 0.6) is 0 Å². The lowest BCUT2D eigenvalue weighted by Gasteiger charge is -2.23. The van der Waals surface area contributed by atoms with Crippen LogP contribution in [-0.2, 0) is 23.0 Å². The number of hydrogen-bond acceptors (Lipinski definition) is 3. The second-order valence-electron chi connectivity index (χ2n) is 5.56. The Kier molecular flexibility index (Phi) is 4.86. The predicted molar refractivity (Wildman–Crippen MR) is 79.4 cm³/mol. The number of fused-ring (bicyclic) bond motifs is 1. The van der Waals surface area contributed by atoms with Gasteiger partial charge in [-0.05, 0) is 31.6 Å². The van der Waals surface area contributed by atoms with Crippen molar-refractivity contribution in [1.82, 2.24) is 14.3 Å². The molecule has 0 aromatic carbocycles. The van der Waals surface area contributed by atoms with Crippen molar-refractivity contribution in [2.24, 2.45) is 0 Å². The minimum absolute atomic E-state index is 0.259. The first-order valence-electron chi connectivity index (χ1n) is 7.60. The smallest absolute Gasteiger partial charge is 0.259 e. The number of sulfonamides is 1. The molecule has 1 aromatic rings. The van der Waals surface area contributed by atoms with E-state index in [9.17, 15) is 8.42 Å². The Bertz CT molecular complexity index is 563. The summed E-state index contributed by atoms with van der Waals surface area (Å²) >= 11 is 0. The summed E-state index contributed by atoms with van der Waals surface area (Å²) in [6, 6.07) is 0. The van der Waals surface area contributed by atoms with Crippen molar-refractivity contribution < 1.29 is 8.42 Å². The number of aromatic nitrogens is 2. The van der Waals surface area contributed by atoms with Gasteiger partial charge in [0.1, 0.15) is 5.82 Å². The Labute approximate surface area is 121 Å². The highest BCUT2D eigenvalue weighted by atomic mass is 32.2. The van der Waals surface area contributed by atoms with Crippen LogP contribution in [-0.4, -0.2) is 24.5 Å². The Hall–Kier alpha value is -0.880. The molecule has 1 aliphatic rings. The van der Waals surface area contributed by atoms with Crippen molar-refractivity contribution in [3.8, 4) is 0 Å². The third-order valence-corrected chi connectivity index (χ3v) is 5.20. The van der Waals surface area contributed by atoms with E-state index in [1.807, 2.05) is 6.92 Å². The summed E-state index contributed by atoms with van der Waals surface area (Å²) in [7, 11) is -3.48. The van der Waals surface area contributed by atoms with Gasteiger partial charge in [0.05, 0.1) is 5.69 Å². The number of imidazole rings is 1. The van der Waals surface area contributed by atoms with E-state index in [2.05, 4.69) is 28.1 Å². The largest absolute Gasteiger partial charge is 0.330 e. The summed E-state index contributed by atoms with van der Waals surface area (Å²) in [5.41, 5.74) is 0.906. The third-order valence-electron chi connectivity index (χ3n) is 3.81. The van der Waals surface area contributed by atoms with Crippen molar-refractivity contribution in [1.29, 1.82) is 0 Å². The number of nitrogens with one attached hydrogen (secondary N) is 1. The number of hydrogen-bond donors (Lipinski definition) is 1. The van der Waals surface area contributed by atoms with Crippen molar-refractivity contribution in [2.75, 3.05) is 6.54 Å². The lowest BCUT2D eigenvalue weighted by molar-refractivity contribution is 0.455. The molecule has 20 heavy (non-hydrogen) atoms. The van der Waals surface area contributed by atoms with Crippen molar-refractivity contribution in [2.45, 2.75) is 70.4 Å². The normalized spacial score (nSPS) is 19.1. The van der Waals surface area contributed by atoms with E-state index in [1.165, 1.54) is 0 Å². The van der Waals surface area contributed by atoms with Gasteiger partial charge in [-0.2, -0.15) is 0 Å². The minimum Gasteiger partial charge on any atom is -0.330 e. The fraction of sp³-hybridized carbons (Fsp3) is 0.786. The average molecular weight is 299 g/mol. The molecular weight excluding hydrogens is 274 g/mol. The van der Waals surface area contributed by atoms with Gasteiger partial charge in [-0.3, -0.25) is 0 Å². The molecule has 2 rings (SSSR count). The van der Waals surface area contributed by atoms with Gasteiger partial charge >= 0.3 is 0 Å². The fourth-order valence-electron chi connectivity index (χ4n) is 2.82. The van der Waals surface area contributed by atoms with Gasteiger partial charge in [0.2, 0.25) is 0 Å². The maximum Gasteiger partial charge on any atom is 0.259 e. The molecular formula is C14H25N3O2S. The van der Waals surface area contributed by atoms with E-state index in [0.29, 0.717) is 6.54 Å². The van der Waals surface area contributed by atoms with Gasteiger partial charge in [-0.15, -0.1) is 0 Å². The zero-order valence-corrected chi connectivity index (χ0v) is 13.5. The number of rotatable bonds is 6. The Balaban J connectivity index is 2.47. The van der Waals surface area contributed by atoms with Crippen LogP contribution in [0.15, 0.2) is 5.03 Å². The number of aryl methyl sites for hydroxylation is 1. The highest BCUT2D eigenvalue weighted by Crippen LogP contribution is 2.33. The molecule has 0 spiro atoms. The molecule has 0 aliphatic carbocycles. The van der Waals surface area contributed by atoms with Crippen LogP contribution < -0.4 is 4.72 Å². The molecule has 0 radical (unpaired) electrons. The molecule has 5 nitrogen and oxygen atoms in total. The SMILES string of the molecule is CCCNS(=O)(=O)c1nc(CCC)n2c1C(C)CCC2. The molecule has 0 saturated carbocycles. The van der Waals surface area contributed by atoms with E-state index >= 15 is 0 Å². The molecule has 114 valence electrons. The van der Waals surface area contributed by atoms with Gasteiger partial charge in [-0.25, -0.2) is 18.1 Å². The zero-order valence-electron chi connectivity index (χ0n) is 12.6. The van der Waals surface area contributed by atoms with Gasteiger partial charge in [-0.1, -0.05) is 20.8 Å². The number of nitrogens with zero attached hydrogens (tertiary/aromatic N) is 2. The maximum absolute atomic E-state index is 12.4. The maximum atomic E-state index is 12.4. The highest BCUT2D eigenvalue weighted by Gasteiger charge is 2.31. The molecule has 0 fully saturated rings. The van der Waals surface area contributed by atoms with Crippen LogP contribution in [0.1, 0.15) is 63.9 Å². The Morgan fingerprint density at radius 1 is 1.35 bits per heavy atom. The molecule has 1 aromatic heterocycles. The van der Waals surface area contributed by atoms with E-state index in [-0.39, 0.29) is 10.9 Å². The van der Waals surface area contributed by atoms with Crippen LogP contribution in [0.25, 0.3) is 0 Å². The lowest BCUT2D eigenvalue weighted by Crippen LogP contribution is -2.27. The third kappa shape index (κ3) is 2.91. The first-order chi connectivity index (χ1) is 9.51. The van der Waals surface area contributed by atoms with Gasteiger partial charge in [0.15, 0.2) is 5.03 Å². The summed E-state index contributed by atoms with van der Waals surface area (Å²) in [6.45, 7) is 7.51. The van der Waals surface area contributed by atoms with Crippen LogP contribution in [0, 0.1) is 0 Å². The molecule has 1 atom stereocenters. The standard InChI is InChI=1S/C14H25N3O2S/c1-4-7-12-16-14(20(18,19)15-9-5-2)13-11(3)8-6-10-17(12)13/h11,15H,4-10H2,1-3H3. The molecule has 1 unspecified atom stereocenters. The average Bonchev–Trinajstić information content (AvgIpc) is 2.78. The monoisotopic (exact) mass is 299 g/mol. The summed E-state index contributed by atoms with van der Waals surface area (Å²) < 4.78 is 29.7. The zero-order chi connectivity index (χ0) is 14.8. The van der Waals surface area contributed by atoms with Crippen molar-refractivity contribution in [3.63, 3.8) is 0 Å². The summed E-state index contributed by atoms with van der Waals surface area (Å²) in [6.07, 6.45) is 4.74. The summed E-state index contributed by atoms with van der Waals surface area (Å²) in [5, 5.41) is 0.265. The van der Waals surface area contributed by atoms with Gasteiger partial charge in [0.25, 0.3) is 10.0 Å². The molecule has 2 heterocycles. The van der Waals surface area contributed by atoms with Gasteiger partial charge in [0, 0.05) is 19.5 Å². The van der Waals surface area contributed by atoms with E-state index < -0.39 is 10.0 Å². The first kappa shape index (κ1) is 15.5. The second kappa shape index (κ2) is 6.26. The molecule has 1 N–H and O–H groups in total. The van der Waals surface area contributed by atoms with Crippen LogP contribution in [0.3, 0.4) is 0 Å². The van der Waals surface area contributed by atoms with Crippen molar-refractivity contribution >= 4 is 10.0 Å². The highest BCUT2D eigenvalue weighted by molar-refractivity contribution is 7.89. The van der Waals surface area contributed by atoms with Crippen LogP contribution >= 0.6 is 0 Å². The van der Waals surface area contributed by atoms with Crippen molar-refractivity contribution in [3.05, 3.63) is 11.5 Å². The predicted octanol–water partition coefficient (Wildman–Crippen LogP) is 2.42. The first-order valence-corrected chi connectivity index (χ1v) is 9.08. The fourth-order valence-corrected chi connectivity index (χ4v) is 4.25. The van der Waals surface area contributed by atoms with E-state index in [1.54, 1.807) is 0 Å². The lowest BCUT2D eigenvalue weighted by atomic mass is 9.98. The molecule has 0 bridgehead atoms. The quantitative estimate of drug-likeness (QED) is 0.877. The second-order valence-corrected chi connectivity index (χ2v) is 7.24. The Morgan fingerprint density at radius 2 is 2.10 bits per heavy atom. The molecule has 6 heteroatoms. The molecule has 0 amide bonds. The molecule has 1 aliphatic heterocycles. The van der Waals surface area contributed by atoms with Crippen LogP contribution in [0.4, 0.5) is 0 Å². The van der Waals surface area contributed by atoms with Crippen LogP contribution in [0.2, 0.25) is 0 Å². The van der Waals surface area contributed by atoms with Gasteiger partial charge < -0.3 is 4.57 Å². The molecule has 0 saturated heterocycles.